The van der Waals surface area contributed by atoms with Gasteiger partial charge in [0.1, 0.15) is 18.9 Å². The lowest BCUT2D eigenvalue weighted by Gasteiger charge is -2.16. The van der Waals surface area contributed by atoms with Crippen molar-refractivity contribution in [1.82, 2.24) is 20.0 Å². The Kier molecular flexibility index (Phi) is 5.97. The topological polar surface area (TPSA) is 136 Å². The highest BCUT2D eigenvalue weighted by atomic mass is 32.2. The Morgan fingerprint density at radius 3 is 3.07 bits per heavy atom. The molecular formula is C17H15FN4O6S2. The Labute approximate surface area is 175 Å². The van der Waals surface area contributed by atoms with Gasteiger partial charge >= 0.3 is 10.9 Å². The van der Waals surface area contributed by atoms with Crippen molar-refractivity contribution in [1.29, 1.82) is 0 Å². The van der Waals surface area contributed by atoms with Gasteiger partial charge in [0.25, 0.3) is 5.56 Å². The molecule has 0 saturated carbocycles. The average molecular weight is 454 g/mol. The molecule has 1 aromatic carbocycles. The number of carbonyl (C=O) groups excluding carboxylic acids is 1. The standard InChI is InChI=1S/C17H15FN4O6S2/c18-8-6-22(15(25)20-14(8)24)13-5-10(23)11(28-13)7-27-21-16(26)30-17-19-9-3-1-2-4-12(9)29-17/h1-4,6,10-11,13,23H,5,7H2,(H,21,26)(H,20,24,25)/t10-,11+,13+/m0/s1. The molecule has 3 atom stereocenters. The van der Waals surface area contributed by atoms with Gasteiger partial charge in [0.05, 0.1) is 22.5 Å². The molecule has 1 fully saturated rings. The molecule has 0 bridgehead atoms. The van der Waals surface area contributed by atoms with Crippen LogP contribution in [0.25, 0.3) is 10.2 Å². The summed E-state index contributed by atoms with van der Waals surface area (Å²) in [5.74, 6) is -1.15. The second-order valence-electron chi connectivity index (χ2n) is 6.33. The minimum atomic E-state index is -1.15. The maximum absolute atomic E-state index is 13.4. The van der Waals surface area contributed by atoms with Gasteiger partial charge in [-0.25, -0.2) is 15.3 Å². The van der Waals surface area contributed by atoms with E-state index >= 15 is 0 Å². The molecule has 1 amide bonds. The zero-order valence-corrected chi connectivity index (χ0v) is 16.7. The van der Waals surface area contributed by atoms with Gasteiger partial charge in [0.15, 0.2) is 4.34 Å². The number of H-pyrrole nitrogens is 1. The van der Waals surface area contributed by atoms with E-state index in [0.29, 0.717) is 4.34 Å². The molecule has 4 rings (SSSR count). The van der Waals surface area contributed by atoms with Crippen LogP contribution in [-0.2, 0) is 9.57 Å². The van der Waals surface area contributed by atoms with E-state index in [1.807, 2.05) is 29.2 Å². The molecule has 0 spiro atoms. The average Bonchev–Trinajstić information content (AvgIpc) is 3.27. The lowest BCUT2D eigenvalue weighted by atomic mass is 10.2. The maximum atomic E-state index is 13.4. The van der Waals surface area contributed by atoms with E-state index < -0.39 is 40.7 Å². The molecule has 3 N–H and O–H groups in total. The molecule has 1 saturated heterocycles. The summed E-state index contributed by atoms with van der Waals surface area (Å²) in [6.07, 6.45) is -2.18. The largest absolute Gasteiger partial charge is 0.390 e. The van der Waals surface area contributed by atoms with Crippen molar-refractivity contribution in [3.63, 3.8) is 0 Å². The van der Waals surface area contributed by atoms with E-state index in [-0.39, 0.29) is 13.0 Å². The number of amides is 1. The third-order valence-corrected chi connectivity index (χ3v) is 6.16. The van der Waals surface area contributed by atoms with Crippen LogP contribution in [0.5, 0.6) is 0 Å². The number of thiazole rings is 1. The van der Waals surface area contributed by atoms with Crippen molar-refractivity contribution in [3.05, 3.63) is 57.1 Å². The fourth-order valence-electron chi connectivity index (χ4n) is 2.89. The lowest BCUT2D eigenvalue weighted by Crippen LogP contribution is -2.34. The summed E-state index contributed by atoms with van der Waals surface area (Å²) < 4.78 is 21.3. The van der Waals surface area contributed by atoms with Crippen LogP contribution in [-0.4, -0.2) is 43.7 Å². The molecule has 3 aromatic rings. The zero-order valence-electron chi connectivity index (χ0n) is 15.1. The molecule has 1 aliphatic heterocycles. The van der Waals surface area contributed by atoms with Crippen LogP contribution in [0.2, 0.25) is 0 Å². The number of carbonyl (C=O) groups is 1. The van der Waals surface area contributed by atoms with E-state index in [0.717, 1.165) is 32.7 Å². The Balaban J connectivity index is 1.30. The molecule has 30 heavy (non-hydrogen) atoms. The molecule has 13 heteroatoms. The number of halogens is 1. The van der Waals surface area contributed by atoms with Gasteiger partial charge in [0.2, 0.25) is 5.82 Å². The Hall–Kier alpha value is -2.58. The molecular weight excluding hydrogens is 439 g/mol. The molecule has 1 aliphatic rings. The zero-order chi connectivity index (χ0) is 21.3. The normalized spacial score (nSPS) is 21.2. The second-order valence-corrected chi connectivity index (χ2v) is 8.58. The molecule has 2 aromatic heterocycles. The highest BCUT2D eigenvalue weighted by molar-refractivity contribution is 8.14. The van der Waals surface area contributed by atoms with Crippen LogP contribution in [0, 0.1) is 5.82 Å². The smallest absolute Gasteiger partial charge is 0.330 e. The fraction of sp³-hybridized carbons (Fsp3) is 0.294. The number of aromatic nitrogens is 3. The van der Waals surface area contributed by atoms with Crippen LogP contribution in [0.4, 0.5) is 9.18 Å². The highest BCUT2D eigenvalue weighted by Gasteiger charge is 2.36. The van der Waals surface area contributed by atoms with Crippen molar-refractivity contribution in [2.75, 3.05) is 6.61 Å². The summed E-state index contributed by atoms with van der Waals surface area (Å²) in [6.45, 7) is -0.204. The van der Waals surface area contributed by atoms with Gasteiger partial charge in [-0.1, -0.05) is 12.1 Å². The van der Waals surface area contributed by atoms with Crippen molar-refractivity contribution in [2.24, 2.45) is 0 Å². The van der Waals surface area contributed by atoms with Gasteiger partial charge in [-0.2, -0.15) is 4.39 Å². The first-order valence-electron chi connectivity index (χ1n) is 8.70. The summed E-state index contributed by atoms with van der Waals surface area (Å²) in [7, 11) is 0. The number of nitrogens with one attached hydrogen (secondary N) is 2. The third-order valence-electron chi connectivity index (χ3n) is 4.30. The summed E-state index contributed by atoms with van der Waals surface area (Å²) in [5, 5.41) is 9.60. The van der Waals surface area contributed by atoms with Crippen molar-refractivity contribution >= 4 is 38.6 Å². The number of aliphatic hydroxyl groups excluding tert-OH is 1. The van der Waals surface area contributed by atoms with Gasteiger partial charge in [0, 0.05) is 18.2 Å². The van der Waals surface area contributed by atoms with E-state index in [4.69, 9.17) is 9.57 Å². The molecule has 10 nitrogen and oxygen atoms in total. The number of thioether (sulfide) groups is 1. The van der Waals surface area contributed by atoms with Crippen LogP contribution in [0.1, 0.15) is 12.6 Å². The summed E-state index contributed by atoms with van der Waals surface area (Å²) in [4.78, 5) is 46.2. The summed E-state index contributed by atoms with van der Waals surface area (Å²) in [6, 6.07) is 7.49. The minimum Gasteiger partial charge on any atom is -0.390 e. The monoisotopic (exact) mass is 454 g/mol. The number of hydroxylamine groups is 1. The van der Waals surface area contributed by atoms with E-state index in [2.05, 4.69) is 10.5 Å². The predicted molar refractivity (Wildman–Crippen MR) is 106 cm³/mol. The van der Waals surface area contributed by atoms with Crippen LogP contribution in [0.3, 0.4) is 0 Å². The first-order valence-corrected chi connectivity index (χ1v) is 10.3. The number of fused-ring (bicyclic) bond motifs is 1. The predicted octanol–water partition coefficient (Wildman–Crippen LogP) is 1.37. The summed E-state index contributed by atoms with van der Waals surface area (Å²) in [5.41, 5.74) is 1.03. The van der Waals surface area contributed by atoms with E-state index in [9.17, 15) is 23.9 Å². The lowest BCUT2D eigenvalue weighted by molar-refractivity contribution is -0.0768. The first kappa shape index (κ1) is 20.7. The Morgan fingerprint density at radius 2 is 2.27 bits per heavy atom. The number of benzene rings is 1. The molecule has 158 valence electrons. The quantitative estimate of drug-likeness (QED) is 0.389. The Bertz CT molecular complexity index is 1160. The third kappa shape index (κ3) is 4.44. The van der Waals surface area contributed by atoms with Crippen LogP contribution < -0.4 is 16.7 Å². The highest BCUT2D eigenvalue weighted by Crippen LogP contribution is 2.30. The van der Waals surface area contributed by atoms with Crippen molar-refractivity contribution in [2.45, 2.75) is 29.2 Å². The van der Waals surface area contributed by atoms with Gasteiger partial charge in [-0.3, -0.25) is 24.0 Å². The van der Waals surface area contributed by atoms with E-state index in [1.54, 1.807) is 0 Å². The van der Waals surface area contributed by atoms with Crippen LogP contribution in [0.15, 0.2) is 44.4 Å². The van der Waals surface area contributed by atoms with Gasteiger partial charge in [-0.05, 0) is 12.1 Å². The van der Waals surface area contributed by atoms with Gasteiger partial charge < -0.3 is 9.84 Å². The SMILES string of the molecule is O=C(NOC[C@H]1O[C@@H](n2cc(F)c(=O)[nH]c2=O)C[C@@H]1O)Sc1nc2ccccc2s1. The number of aromatic amines is 1. The first-order chi connectivity index (χ1) is 14.4. The second kappa shape index (κ2) is 8.65. The van der Waals surface area contributed by atoms with Crippen molar-refractivity contribution < 1.29 is 23.9 Å². The summed E-state index contributed by atoms with van der Waals surface area (Å²) >= 11 is 2.23. The molecule has 0 aliphatic carbocycles. The maximum Gasteiger partial charge on any atom is 0.330 e. The number of para-hydroxylation sites is 1. The fourth-order valence-corrected chi connectivity index (χ4v) is 4.65. The number of nitrogens with zero attached hydrogens (tertiary/aromatic N) is 2. The minimum absolute atomic E-state index is 0.0200. The number of hydrogen-bond acceptors (Lipinski definition) is 9. The van der Waals surface area contributed by atoms with E-state index in [1.165, 1.54) is 11.3 Å². The van der Waals surface area contributed by atoms with Crippen molar-refractivity contribution in [3.8, 4) is 0 Å². The number of hydrogen-bond donors (Lipinski definition) is 3. The molecule has 3 heterocycles. The van der Waals surface area contributed by atoms with Crippen LogP contribution >= 0.6 is 23.1 Å². The number of aliphatic hydroxyl groups is 1. The Morgan fingerprint density at radius 1 is 1.47 bits per heavy atom. The number of ether oxygens (including phenoxy) is 1. The molecule has 0 unspecified atom stereocenters. The number of rotatable bonds is 5. The molecule has 0 radical (unpaired) electrons. The van der Waals surface area contributed by atoms with Gasteiger partial charge in [-0.15, -0.1) is 11.3 Å².